The van der Waals surface area contributed by atoms with Gasteiger partial charge in [-0.15, -0.1) is 0 Å². The SMILES string of the molecule is COCOc1cc(F)c(OC)c(F)c1N. The first-order valence-corrected chi connectivity index (χ1v) is 4.05. The summed E-state index contributed by atoms with van der Waals surface area (Å²) in [5.74, 6) is -2.51. The summed E-state index contributed by atoms with van der Waals surface area (Å²) >= 11 is 0. The van der Waals surface area contributed by atoms with Gasteiger partial charge < -0.3 is 19.9 Å². The average Bonchev–Trinajstić information content (AvgIpc) is 2.22. The van der Waals surface area contributed by atoms with Gasteiger partial charge in [0, 0.05) is 13.2 Å². The Morgan fingerprint density at radius 3 is 2.53 bits per heavy atom. The van der Waals surface area contributed by atoms with E-state index >= 15 is 0 Å². The second-order valence-corrected chi connectivity index (χ2v) is 2.67. The van der Waals surface area contributed by atoms with Crippen LogP contribution < -0.4 is 15.2 Å². The minimum absolute atomic E-state index is 0.118. The molecule has 2 N–H and O–H groups in total. The summed E-state index contributed by atoms with van der Waals surface area (Å²) in [6, 6.07) is 0.941. The molecule has 0 aliphatic heterocycles. The number of methoxy groups -OCH3 is 2. The fraction of sp³-hybridized carbons (Fsp3) is 0.333. The Balaban J connectivity index is 3.10. The molecule has 15 heavy (non-hydrogen) atoms. The zero-order chi connectivity index (χ0) is 11.4. The molecule has 0 atom stereocenters. The molecule has 0 saturated carbocycles. The Morgan fingerprint density at radius 2 is 2.00 bits per heavy atom. The number of anilines is 1. The van der Waals surface area contributed by atoms with Crippen molar-refractivity contribution in [2.45, 2.75) is 0 Å². The van der Waals surface area contributed by atoms with Gasteiger partial charge in [-0.1, -0.05) is 0 Å². The van der Waals surface area contributed by atoms with Crippen LogP contribution >= 0.6 is 0 Å². The summed E-state index contributed by atoms with van der Waals surface area (Å²) in [7, 11) is 2.53. The lowest BCUT2D eigenvalue weighted by Gasteiger charge is -2.11. The number of halogens is 2. The molecule has 1 aromatic rings. The quantitative estimate of drug-likeness (QED) is 0.616. The molecule has 0 spiro atoms. The maximum Gasteiger partial charge on any atom is 0.194 e. The Hall–Kier alpha value is -1.56. The van der Waals surface area contributed by atoms with Crippen LogP contribution in [0.5, 0.6) is 11.5 Å². The third kappa shape index (κ3) is 2.27. The third-order valence-corrected chi connectivity index (χ3v) is 1.71. The highest BCUT2D eigenvalue weighted by Gasteiger charge is 2.18. The second kappa shape index (κ2) is 4.79. The molecular weight excluding hydrogens is 208 g/mol. The van der Waals surface area contributed by atoms with E-state index in [1.54, 1.807) is 0 Å². The summed E-state index contributed by atoms with van der Waals surface area (Å²) in [6.45, 7) is -0.143. The first-order valence-electron chi connectivity index (χ1n) is 4.05. The highest BCUT2D eigenvalue weighted by Crippen LogP contribution is 2.33. The van der Waals surface area contributed by atoms with E-state index in [1.807, 2.05) is 0 Å². The molecule has 0 unspecified atom stereocenters. The van der Waals surface area contributed by atoms with E-state index in [1.165, 1.54) is 7.11 Å². The van der Waals surface area contributed by atoms with Crippen LogP contribution in [0.1, 0.15) is 0 Å². The van der Waals surface area contributed by atoms with E-state index in [0.717, 1.165) is 13.2 Å². The number of hydrogen-bond donors (Lipinski definition) is 1. The highest BCUT2D eigenvalue weighted by atomic mass is 19.1. The lowest BCUT2D eigenvalue weighted by atomic mass is 10.2. The molecule has 1 rings (SSSR count). The first-order chi connectivity index (χ1) is 7.11. The van der Waals surface area contributed by atoms with Crippen LogP contribution in [0.15, 0.2) is 6.07 Å². The molecule has 0 aromatic heterocycles. The van der Waals surface area contributed by atoms with Gasteiger partial charge in [-0.05, 0) is 0 Å². The van der Waals surface area contributed by atoms with Gasteiger partial charge >= 0.3 is 0 Å². The van der Waals surface area contributed by atoms with E-state index in [-0.39, 0.29) is 18.2 Å². The van der Waals surface area contributed by atoms with Gasteiger partial charge in [0.15, 0.2) is 29.9 Å². The van der Waals surface area contributed by atoms with Crippen molar-refractivity contribution in [1.82, 2.24) is 0 Å². The number of hydrogen-bond acceptors (Lipinski definition) is 4. The van der Waals surface area contributed by atoms with Crippen molar-refractivity contribution >= 4 is 5.69 Å². The van der Waals surface area contributed by atoms with Crippen molar-refractivity contribution in [3.63, 3.8) is 0 Å². The number of rotatable bonds is 4. The van der Waals surface area contributed by atoms with Gasteiger partial charge in [-0.2, -0.15) is 0 Å². The first kappa shape index (κ1) is 11.5. The van der Waals surface area contributed by atoms with Crippen LogP contribution in [0, 0.1) is 11.6 Å². The Labute approximate surface area is 85.5 Å². The summed E-state index contributed by atoms with van der Waals surface area (Å²) < 4.78 is 40.5. The van der Waals surface area contributed by atoms with E-state index in [4.69, 9.17) is 10.5 Å². The van der Waals surface area contributed by atoms with E-state index in [9.17, 15) is 8.78 Å². The van der Waals surface area contributed by atoms with Gasteiger partial charge in [0.05, 0.1) is 7.11 Å². The second-order valence-electron chi connectivity index (χ2n) is 2.67. The minimum atomic E-state index is -0.983. The molecular formula is C9H11F2NO3. The van der Waals surface area contributed by atoms with Crippen LogP contribution in [0.3, 0.4) is 0 Å². The molecule has 0 aliphatic rings. The molecule has 0 radical (unpaired) electrons. The monoisotopic (exact) mass is 219 g/mol. The molecule has 84 valence electrons. The third-order valence-electron chi connectivity index (χ3n) is 1.71. The van der Waals surface area contributed by atoms with Gasteiger partial charge in [0.1, 0.15) is 5.69 Å². The van der Waals surface area contributed by atoms with Gasteiger partial charge in [-0.25, -0.2) is 8.78 Å². The molecule has 0 saturated heterocycles. The normalized spacial score (nSPS) is 10.1. The molecule has 6 heteroatoms. The maximum absolute atomic E-state index is 13.3. The zero-order valence-electron chi connectivity index (χ0n) is 8.34. The maximum atomic E-state index is 13.3. The lowest BCUT2D eigenvalue weighted by molar-refractivity contribution is 0.0512. The number of nitrogen functional groups attached to an aromatic ring is 1. The fourth-order valence-electron chi connectivity index (χ4n) is 1.02. The van der Waals surface area contributed by atoms with Gasteiger partial charge in [0.25, 0.3) is 0 Å². The molecule has 0 fully saturated rings. The van der Waals surface area contributed by atoms with Crippen molar-refractivity contribution in [2.75, 3.05) is 26.7 Å². The van der Waals surface area contributed by atoms with Crippen LogP contribution in [0.2, 0.25) is 0 Å². The van der Waals surface area contributed by atoms with Crippen molar-refractivity contribution < 1.29 is 23.0 Å². The van der Waals surface area contributed by atoms with Crippen molar-refractivity contribution in [2.24, 2.45) is 0 Å². The van der Waals surface area contributed by atoms with Gasteiger partial charge in [0.2, 0.25) is 0 Å². The highest BCUT2D eigenvalue weighted by molar-refractivity contribution is 5.58. The average molecular weight is 219 g/mol. The number of nitrogens with two attached hydrogens (primary N) is 1. The zero-order valence-corrected chi connectivity index (χ0v) is 8.34. The number of ether oxygens (including phenoxy) is 3. The minimum Gasteiger partial charge on any atom is -0.491 e. The molecule has 0 aliphatic carbocycles. The van der Waals surface area contributed by atoms with E-state index < -0.39 is 17.4 Å². The van der Waals surface area contributed by atoms with Crippen molar-refractivity contribution in [1.29, 1.82) is 0 Å². The summed E-state index contributed by atoms with van der Waals surface area (Å²) in [4.78, 5) is 0. The Bertz CT molecular complexity index is 358. The van der Waals surface area contributed by atoms with Crippen molar-refractivity contribution in [3.05, 3.63) is 17.7 Å². The summed E-state index contributed by atoms with van der Waals surface area (Å²) in [5.41, 5.74) is 5.05. The molecule has 0 bridgehead atoms. The fourth-order valence-corrected chi connectivity index (χ4v) is 1.02. The number of benzene rings is 1. The molecule has 0 amide bonds. The Morgan fingerprint density at radius 1 is 1.33 bits per heavy atom. The van der Waals surface area contributed by atoms with Crippen LogP contribution in [-0.2, 0) is 4.74 Å². The van der Waals surface area contributed by atoms with Crippen LogP contribution in [-0.4, -0.2) is 21.0 Å². The lowest BCUT2D eigenvalue weighted by Crippen LogP contribution is -2.05. The standard InChI is InChI=1S/C9H11F2NO3/c1-13-4-15-6-3-5(10)9(14-2)7(11)8(6)12/h3H,4,12H2,1-2H3. The smallest absolute Gasteiger partial charge is 0.194 e. The predicted octanol–water partition coefficient (Wildman–Crippen LogP) is 1.54. The summed E-state index contributed by atoms with van der Waals surface area (Å²) in [6.07, 6.45) is 0. The topological polar surface area (TPSA) is 53.7 Å². The van der Waals surface area contributed by atoms with E-state index in [0.29, 0.717) is 0 Å². The van der Waals surface area contributed by atoms with Crippen molar-refractivity contribution in [3.8, 4) is 11.5 Å². The summed E-state index contributed by atoms with van der Waals surface area (Å²) in [5, 5.41) is 0. The van der Waals surface area contributed by atoms with E-state index in [2.05, 4.69) is 9.47 Å². The Kier molecular flexibility index (Phi) is 3.68. The predicted molar refractivity (Wildman–Crippen MR) is 49.8 cm³/mol. The molecule has 1 aromatic carbocycles. The molecule has 4 nitrogen and oxygen atoms in total. The van der Waals surface area contributed by atoms with Crippen LogP contribution in [0.4, 0.5) is 14.5 Å². The van der Waals surface area contributed by atoms with Gasteiger partial charge in [-0.3, -0.25) is 0 Å². The molecule has 0 heterocycles. The van der Waals surface area contributed by atoms with Crippen LogP contribution in [0.25, 0.3) is 0 Å². The largest absolute Gasteiger partial charge is 0.491 e.